The van der Waals surface area contributed by atoms with Gasteiger partial charge in [0.2, 0.25) is 5.78 Å². The Morgan fingerprint density at radius 2 is 2.00 bits per heavy atom. The Balaban J connectivity index is 2.03. The van der Waals surface area contributed by atoms with Crippen LogP contribution in [0.4, 0.5) is 0 Å². The van der Waals surface area contributed by atoms with Crippen molar-refractivity contribution in [3.8, 4) is 0 Å². The van der Waals surface area contributed by atoms with Gasteiger partial charge in [0, 0.05) is 5.92 Å². The van der Waals surface area contributed by atoms with Gasteiger partial charge >= 0.3 is 5.97 Å². The first-order valence-corrected chi connectivity index (χ1v) is 6.08. The van der Waals surface area contributed by atoms with Crippen molar-refractivity contribution in [3.63, 3.8) is 0 Å². The SMILES string of the molecule is CC[C@H]1O[C@H](OC(=O)c2ccccc2)C(=O)[C@H]1C. The molecule has 0 bridgehead atoms. The van der Waals surface area contributed by atoms with E-state index in [1.54, 1.807) is 31.2 Å². The summed E-state index contributed by atoms with van der Waals surface area (Å²) < 4.78 is 10.5. The van der Waals surface area contributed by atoms with Crippen LogP contribution >= 0.6 is 0 Å². The topological polar surface area (TPSA) is 52.6 Å². The zero-order valence-electron chi connectivity index (χ0n) is 10.5. The molecular formula is C14H16O4. The Kier molecular flexibility index (Phi) is 3.77. The molecule has 0 saturated carbocycles. The molecular weight excluding hydrogens is 232 g/mol. The van der Waals surface area contributed by atoms with Crippen LogP contribution in [0.15, 0.2) is 30.3 Å². The number of rotatable bonds is 3. The van der Waals surface area contributed by atoms with Gasteiger partial charge in [-0.3, -0.25) is 4.79 Å². The fourth-order valence-electron chi connectivity index (χ4n) is 2.02. The fraction of sp³-hybridized carbons (Fsp3) is 0.429. The van der Waals surface area contributed by atoms with E-state index >= 15 is 0 Å². The first-order valence-electron chi connectivity index (χ1n) is 6.08. The highest BCUT2D eigenvalue weighted by Crippen LogP contribution is 2.26. The van der Waals surface area contributed by atoms with Crippen LogP contribution in [0.3, 0.4) is 0 Å². The number of Topliss-reactive ketones (excluding diaryl/α,β-unsaturated/α-hetero) is 1. The van der Waals surface area contributed by atoms with E-state index in [-0.39, 0.29) is 17.8 Å². The molecule has 0 N–H and O–H groups in total. The van der Waals surface area contributed by atoms with Crippen molar-refractivity contribution in [3.05, 3.63) is 35.9 Å². The van der Waals surface area contributed by atoms with Crippen molar-refractivity contribution in [1.29, 1.82) is 0 Å². The van der Waals surface area contributed by atoms with E-state index in [9.17, 15) is 9.59 Å². The molecule has 0 unspecified atom stereocenters. The smallest absolute Gasteiger partial charge is 0.340 e. The van der Waals surface area contributed by atoms with E-state index < -0.39 is 12.3 Å². The molecule has 18 heavy (non-hydrogen) atoms. The minimum absolute atomic E-state index is 0.161. The molecule has 2 rings (SSSR count). The lowest BCUT2D eigenvalue weighted by molar-refractivity contribution is -0.145. The lowest BCUT2D eigenvalue weighted by Crippen LogP contribution is -2.25. The maximum atomic E-state index is 11.8. The highest BCUT2D eigenvalue weighted by atomic mass is 16.7. The third-order valence-electron chi connectivity index (χ3n) is 3.16. The van der Waals surface area contributed by atoms with Crippen LogP contribution in [-0.4, -0.2) is 24.1 Å². The summed E-state index contributed by atoms with van der Waals surface area (Å²) in [5.41, 5.74) is 0.418. The van der Waals surface area contributed by atoms with Crippen LogP contribution in [0.1, 0.15) is 30.6 Å². The van der Waals surface area contributed by atoms with Crippen LogP contribution in [0.2, 0.25) is 0 Å². The molecule has 96 valence electrons. The molecule has 1 heterocycles. The second-order valence-electron chi connectivity index (χ2n) is 4.38. The van der Waals surface area contributed by atoms with Crippen LogP contribution < -0.4 is 0 Å². The van der Waals surface area contributed by atoms with Gasteiger partial charge in [0.25, 0.3) is 6.29 Å². The second kappa shape index (κ2) is 5.31. The molecule has 1 aromatic carbocycles. The zero-order valence-corrected chi connectivity index (χ0v) is 10.5. The van der Waals surface area contributed by atoms with Crippen molar-refractivity contribution in [2.45, 2.75) is 32.7 Å². The third-order valence-corrected chi connectivity index (χ3v) is 3.16. The summed E-state index contributed by atoms with van der Waals surface area (Å²) in [5.74, 6) is -0.910. The Hall–Kier alpha value is -1.68. The monoisotopic (exact) mass is 248 g/mol. The van der Waals surface area contributed by atoms with Gasteiger partial charge in [-0.05, 0) is 18.6 Å². The molecule has 0 radical (unpaired) electrons. The lowest BCUT2D eigenvalue weighted by atomic mass is 10.0. The Morgan fingerprint density at radius 1 is 1.33 bits per heavy atom. The molecule has 3 atom stereocenters. The van der Waals surface area contributed by atoms with Crippen LogP contribution in [0, 0.1) is 5.92 Å². The molecule has 1 saturated heterocycles. The molecule has 0 aromatic heterocycles. The van der Waals surface area contributed by atoms with Crippen molar-refractivity contribution < 1.29 is 19.1 Å². The van der Waals surface area contributed by atoms with E-state index in [0.29, 0.717) is 5.56 Å². The van der Waals surface area contributed by atoms with Gasteiger partial charge in [0.05, 0.1) is 11.7 Å². The Morgan fingerprint density at radius 3 is 2.56 bits per heavy atom. The highest BCUT2D eigenvalue weighted by molar-refractivity contribution is 5.93. The average Bonchev–Trinajstić information content (AvgIpc) is 2.67. The van der Waals surface area contributed by atoms with Crippen molar-refractivity contribution in [2.24, 2.45) is 5.92 Å². The van der Waals surface area contributed by atoms with Gasteiger partial charge in [-0.15, -0.1) is 0 Å². The number of ketones is 1. The Bertz CT molecular complexity index is 440. The maximum absolute atomic E-state index is 11.8. The lowest BCUT2D eigenvalue weighted by Gasteiger charge is -2.12. The number of esters is 1. The minimum atomic E-state index is -1.06. The normalized spacial score (nSPS) is 27.2. The number of benzene rings is 1. The minimum Gasteiger partial charge on any atom is -0.424 e. The van der Waals surface area contributed by atoms with Gasteiger partial charge in [0.15, 0.2) is 0 Å². The molecule has 0 spiro atoms. The van der Waals surface area contributed by atoms with Crippen molar-refractivity contribution >= 4 is 11.8 Å². The van der Waals surface area contributed by atoms with E-state index in [1.165, 1.54) is 0 Å². The van der Waals surface area contributed by atoms with Gasteiger partial charge < -0.3 is 9.47 Å². The molecule has 0 aliphatic carbocycles. The number of hydrogen-bond donors (Lipinski definition) is 0. The quantitative estimate of drug-likeness (QED) is 0.769. The van der Waals surface area contributed by atoms with Crippen LogP contribution in [0.5, 0.6) is 0 Å². The predicted molar refractivity (Wildman–Crippen MR) is 65.0 cm³/mol. The first kappa shape index (κ1) is 12.8. The standard InChI is InChI=1S/C14H16O4/c1-3-11-9(2)12(15)14(17-11)18-13(16)10-7-5-4-6-8-10/h4-9,11,14H,3H2,1-2H3/t9-,11+,14+/m0/s1. The summed E-state index contributed by atoms with van der Waals surface area (Å²) in [7, 11) is 0. The molecule has 1 fully saturated rings. The van der Waals surface area contributed by atoms with Gasteiger partial charge in [-0.25, -0.2) is 4.79 Å². The predicted octanol–water partition coefficient (Wildman–Crippen LogP) is 2.18. The third kappa shape index (κ3) is 2.43. The van der Waals surface area contributed by atoms with E-state index in [4.69, 9.17) is 9.47 Å². The van der Waals surface area contributed by atoms with Gasteiger partial charge in [0.1, 0.15) is 0 Å². The summed E-state index contributed by atoms with van der Waals surface area (Å²) in [6, 6.07) is 8.57. The largest absolute Gasteiger partial charge is 0.424 e. The molecule has 1 aliphatic heterocycles. The zero-order chi connectivity index (χ0) is 13.1. The van der Waals surface area contributed by atoms with Gasteiger partial charge in [-0.1, -0.05) is 32.0 Å². The summed E-state index contributed by atoms with van der Waals surface area (Å²) >= 11 is 0. The highest BCUT2D eigenvalue weighted by Gasteiger charge is 2.41. The molecule has 1 aromatic rings. The Labute approximate surface area is 106 Å². The summed E-state index contributed by atoms with van der Waals surface area (Å²) in [6.45, 7) is 3.74. The van der Waals surface area contributed by atoms with Crippen LogP contribution in [0.25, 0.3) is 0 Å². The van der Waals surface area contributed by atoms with Crippen molar-refractivity contribution in [2.75, 3.05) is 0 Å². The van der Waals surface area contributed by atoms with E-state index in [0.717, 1.165) is 6.42 Å². The maximum Gasteiger partial charge on any atom is 0.340 e. The van der Waals surface area contributed by atoms with Crippen molar-refractivity contribution in [1.82, 2.24) is 0 Å². The molecule has 1 aliphatic rings. The summed E-state index contributed by atoms with van der Waals surface area (Å²) in [5, 5.41) is 0. The van der Waals surface area contributed by atoms with Crippen LogP contribution in [-0.2, 0) is 14.3 Å². The number of carbonyl (C=O) groups is 2. The second-order valence-corrected chi connectivity index (χ2v) is 4.38. The summed E-state index contributed by atoms with van der Waals surface area (Å²) in [6.07, 6.45) is -0.490. The average molecular weight is 248 g/mol. The number of ether oxygens (including phenoxy) is 2. The number of hydrogen-bond acceptors (Lipinski definition) is 4. The summed E-state index contributed by atoms with van der Waals surface area (Å²) in [4.78, 5) is 23.6. The van der Waals surface area contributed by atoms with E-state index in [1.807, 2.05) is 13.0 Å². The first-order chi connectivity index (χ1) is 8.63. The fourth-order valence-corrected chi connectivity index (χ4v) is 2.02. The molecule has 4 nitrogen and oxygen atoms in total. The molecule has 4 heteroatoms. The molecule has 0 amide bonds. The number of carbonyl (C=O) groups excluding carboxylic acids is 2. The van der Waals surface area contributed by atoms with E-state index in [2.05, 4.69) is 0 Å². The van der Waals surface area contributed by atoms with Gasteiger partial charge in [-0.2, -0.15) is 0 Å².